The summed E-state index contributed by atoms with van der Waals surface area (Å²) in [5.74, 6) is -1.63. The molecule has 33 heavy (non-hydrogen) atoms. The van der Waals surface area contributed by atoms with Gasteiger partial charge in [0.1, 0.15) is 6.10 Å². The third kappa shape index (κ3) is 8.97. The highest BCUT2D eigenvalue weighted by atomic mass is 127. The van der Waals surface area contributed by atoms with Crippen LogP contribution in [-0.4, -0.2) is 87.9 Å². The molecule has 0 heterocycles. The molecule has 0 fully saturated rings. The topological polar surface area (TPSA) is 188 Å². The average Bonchev–Trinajstić information content (AvgIpc) is 2.78. The third-order valence-electron chi connectivity index (χ3n) is 4.41. The molecule has 0 aliphatic rings. The van der Waals surface area contributed by atoms with Gasteiger partial charge in [0.2, 0.25) is 11.8 Å². The molecule has 3 amide bonds. The lowest BCUT2D eigenvalue weighted by Gasteiger charge is -2.22. The molecule has 0 bridgehead atoms. The van der Waals surface area contributed by atoms with E-state index >= 15 is 0 Å². The van der Waals surface area contributed by atoms with Crippen LogP contribution in [0.1, 0.15) is 18.1 Å². The summed E-state index contributed by atoms with van der Waals surface area (Å²) in [7, 11) is 0. The zero-order valence-electron chi connectivity index (χ0n) is 17.6. The van der Waals surface area contributed by atoms with Crippen molar-refractivity contribution >= 4 is 91.2 Å². The van der Waals surface area contributed by atoms with Gasteiger partial charge >= 0.3 is 0 Å². The van der Waals surface area contributed by atoms with Gasteiger partial charge < -0.3 is 41.5 Å². The molecule has 8 N–H and O–H groups in total. The van der Waals surface area contributed by atoms with Gasteiger partial charge in [0.25, 0.3) is 5.91 Å². The summed E-state index contributed by atoms with van der Waals surface area (Å²) in [5.41, 5.74) is 1.34. The SMILES string of the molecule is CC(O)C(=O)Nc1c(I)c(CC(=O)NC(CO)CO)c(I)c(CC(=O)NC(CO)CO)c1I. The molecule has 0 spiro atoms. The number of anilines is 1. The van der Waals surface area contributed by atoms with Crippen molar-refractivity contribution in [2.24, 2.45) is 0 Å². The minimum absolute atomic E-state index is 0.161. The van der Waals surface area contributed by atoms with Crippen LogP contribution in [0.5, 0.6) is 0 Å². The molecule has 1 rings (SSSR count). The van der Waals surface area contributed by atoms with E-state index < -0.39 is 62.3 Å². The number of aliphatic hydroxyl groups excluding tert-OH is 5. The fraction of sp³-hybridized carbons (Fsp3) is 0.526. The van der Waals surface area contributed by atoms with Gasteiger partial charge in [0, 0.05) is 10.7 Å². The first kappa shape index (κ1) is 30.7. The molecular formula is C19H26I3N3O8. The highest BCUT2D eigenvalue weighted by Gasteiger charge is 2.26. The van der Waals surface area contributed by atoms with E-state index in [0.717, 1.165) is 0 Å². The molecule has 14 heteroatoms. The van der Waals surface area contributed by atoms with Crippen LogP contribution in [0.3, 0.4) is 0 Å². The monoisotopic (exact) mass is 805 g/mol. The molecule has 186 valence electrons. The predicted molar refractivity (Wildman–Crippen MR) is 145 cm³/mol. The number of halogens is 3. The molecule has 11 nitrogen and oxygen atoms in total. The van der Waals surface area contributed by atoms with Gasteiger partial charge in [-0.2, -0.15) is 0 Å². The highest BCUT2D eigenvalue weighted by Crippen LogP contribution is 2.36. The Kier molecular flexibility index (Phi) is 13.8. The largest absolute Gasteiger partial charge is 0.394 e. The van der Waals surface area contributed by atoms with E-state index in [1.807, 2.05) is 67.8 Å². The average molecular weight is 805 g/mol. The summed E-state index contributed by atoms with van der Waals surface area (Å²) in [6.07, 6.45) is -1.61. The predicted octanol–water partition coefficient (Wildman–Crippen LogP) is -1.16. The van der Waals surface area contributed by atoms with Crippen LogP contribution in [0.4, 0.5) is 5.69 Å². The second-order valence-corrected chi connectivity index (χ2v) is 10.3. The Morgan fingerprint density at radius 1 is 0.758 bits per heavy atom. The van der Waals surface area contributed by atoms with Gasteiger partial charge in [-0.3, -0.25) is 14.4 Å². The van der Waals surface area contributed by atoms with E-state index in [1.165, 1.54) is 6.92 Å². The molecule has 0 aromatic heterocycles. The van der Waals surface area contributed by atoms with Crippen molar-refractivity contribution in [1.29, 1.82) is 0 Å². The van der Waals surface area contributed by atoms with Crippen molar-refractivity contribution in [3.63, 3.8) is 0 Å². The number of rotatable bonds is 12. The van der Waals surface area contributed by atoms with E-state index in [1.54, 1.807) is 0 Å². The fourth-order valence-electron chi connectivity index (χ4n) is 2.60. The maximum Gasteiger partial charge on any atom is 0.252 e. The molecule has 0 saturated heterocycles. The molecule has 0 aliphatic heterocycles. The van der Waals surface area contributed by atoms with Gasteiger partial charge in [-0.05, 0) is 85.8 Å². The lowest BCUT2D eigenvalue weighted by atomic mass is 10.0. The Hall–Kier alpha value is -0.380. The second-order valence-electron chi connectivity index (χ2n) is 7.05. The highest BCUT2D eigenvalue weighted by molar-refractivity contribution is 14.1. The zero-order chi connectivity index (χ0) is 25.3. The zero-order valence-corrected chi connectivity index (χ0v) is 24.0. The van der Waals surface area contributed by atoms with Crippen LogP contribution in [0.25, 0.3) is 0 Å². The first-order valence-corrected chi connectivity index (χ1v) is 12.9. The Morgan fingerprint density at radius 2 is 1.12 bits per heavy atom. The fourth-order valence-corrected chi connectivity index (χ4v) is 6.80. The molecule has 1 aromatic rings. The molecule has 1 atom stereocenters. The molecule has 0 saturated carbocycles. The van der Waals surface area contributed by atoms with Gasteiger partial charge in [0.15, 0.2) is 0 Å². The summed E-state index contributed by atoms with van der Waals surface area (Å²) in [6.45, 7) is -0.469. The minimum atomic E-state index is -1.29. The molecule has 1 aromatic carbocycles. The molecule has 1 unspecified atom stereocenters. The van der Waals surface area contributed by atoms with Crippen molar-refractivity contribution < 1.29 is 39.9 Å². The summed E-state index contributed by atoms with van der Waals surface area (Å²) < 4.78 is 1.65. The normalized spacial score (nSPS) is 12.1. The van der Waals surface area contributed by atoms with Crippen LogP contribution < -0.4 is 16.0 Å². The number of nitrogens with one attached hydrogen (secondary N) is 3. The Bertz CT molecular complexity index is 806. The number of hydrogen-bond donors (Lipinski definition) is 8. The van der Waals surface area contributed by atoms with Crippen molar-refractivity contribution in [3.8, 4) is 0 Å². The van der Waals surface area contributed by atoms with Crippen molar-refractivity contribution in [3.05, 3.63) is 21.8 Å². The minimum Gasteiger partial charge on any atom is -0.394 e. The van der Waals surface area contributed by atoms with E-state index in [2.05, 4.69) is 16.0 Å². The summed E-state index contributed by atoms with van der Waals surface area (Å²) >= 11 is 5.93. The third-order valence-corrected chi connectivity index (χ3v) is 8.10. The van der Waals surface area contributed by atoms with Crippen LogP contribution in [0.15, 0.2) is 0 Å². The molecule has 0 radical (unpaired) electrons. The van der Waals surface area contributed by atoms with Crippen LogP contribution in [0, 0.1) is 10.7 Å². The second kappa shape index (κ2) is 14.9. The van der Waals surface area contributed by atoms with Gasteiger partial charge in [-0.15, -0.1) is 0 Å². The number of aliphatic hydroxyl groups is 5. The van der Waals surface area contributed by atoms with E-state index in [0.29, 0.717) is 27.5 Å². The Morgan fingerprint density at radius 3 is 1.42 bits per heavy atom. The molecule has 0 aliphatic carbocycles. The van der Waals surface area contributed by atoms with Crippen molar-refractivity contribution in [2.75, 3.05) is 31.7 Å². The van der Waals surface area contributed by atoms with Gasteiger partial charge in [-0.25, -0.2) is 0 Å². The maximum absolute atomic E-state index is 12.5. The summed E-state index contributed by atoms with van der Waals surface area (Å²) in [5, 5.41) is 54.1. The van der Waals surface area contributed by atoms with E-state index in [4.69, 9.17) is 0 Å². The van der Waals surface area contributed by atoms with Crippen LogP contribution >= 0.6 is 67.8 Å². The maximum atomic E-state index is 12.5. The first-order valence-electron chi connectivity index (χ1n) is 9.69. The number of benzene rings is 1. The molecular weight excluding hydrogens is 779 g/mol. The number of carbonyl (C=O) groups is 3. The number of carbonyl (C=O) groups excluding carboxylic acids is 3. The number of hydrogen-bond acceptors (Lipinski definition) is 8. The van der Waals surface area contributed by atoms with Crippen molar-refractivity contribution in [1.82, 2.24) is 10.6 Å². The number of amides is 3. The quantitative estimate of drug-likeness (QED) is 0.122. The van der Waals surface area contributed by atoms with Gasteiger partial charge in [0.05, 0.1) is 57.0 Å². The van der Waals surface area contributed by atoms with Crippen LogP contribution in [-0.2, 0) is 27.2 Å². The standard InChI is InChI=1S/C19H26I3N3O8/c1-8(30)19(33)25-18-16(21)11(2-13(31)23-9(4-26)5-27)15(20)12(17(18)22)3-14(32)24-10(6-28)7-29/h8-10,26-30H,2-7H2,1H3,(H,23,31)(H,24,32)(H,25,33). The van der Waals surface area contributed by atoms with Gasteiger partial charge in [-0.1, -0.05) is 0 Å². The lowest BCUT2D eigenvalue weighted by Crippen LogP contribution is -2.41. The van der Waals surface area contributed by atoms with Crippen LogP contribution in [0.2, 0.25) is 0 Å². The summed E-state index contributed by atoms with van der Waals surface area (Å²) in [6, 6.07) is -1.66. The smallest absolute Gasteiger partial charge is 0.252 e. The lowest BCUT2D eigenvalue weighted by molar-refractivity contribution is -0.123. The van der Waals surface area contributed by atoms with E-state index in [9.17, 15) is 39.9 Å². The van der Waals surface area contributed by atoms with E-state index in [-0.39, 0.29) is 12.8 Å². The Balaban J connectivity index is 3.44. The Labute approximate surface area is 231 Å². The first-order chi connectivity index (χ1) is 15.5. The van der Waals surface area contributed by atoms with Crippen molar-refractivity contribution in [2.45, 2.75) is 38.0 Å². The summed E-state index contributed by atoms with van der Waals surface area (Å²) in [4.78, 5) is 37.2.